The van der Waals surface area contributed by atoms with Crippen molar-refractivity contribution in [3.05, 3.63) is 36.2 Å². The fourth-order valence-electron chi connectivity index (χ4n) is 3.66. The second kappa shape index (κ2) is 10.7. The molecule has 2 heterocycles. The number of rotatable bonds is 9. The van der Waals surface area contributed by atoms with Gasteiger partial charge in [0.2, 0.25) is 11.8 Å². The first-order valence-corrected chi connectivity index (χ1v) is 11.7. The number of aromatic nitrogens is 3. The third-order valence-corrected chi connectivity index (χ3v) is 6.35. The number of aryl methyl sites for hydroxylation is 1. The highest BCUT2D eigenvalue weighted by atomic mass is 32.2. The third kappa shape index (κ3) is 6.22. The van der Waals surface area contributed by atoms with Crippen LogP contribution in [0.4, 0.5) is 5.69 Å². The number of nitrogens with zero attached hydrogens (tertiary/aromatic N) is 5. The molecule has 168 valence electrons. The molecule has 1 atom stereocenters. The lowest BCUT2D eigenvalue weighted by Gasteiger charge is -2.37. The molecule has 0 bridgehead atoms. The number of para-hydroxylation sites is 1. The Bertz CT molecular complexity index is 877. The highest BCUT2D eigenvalue weighted by Gasteiger charge is 2.27. The molecular formula is C22H32N6O2S. The van der Waals surface area contributed by atoms with Crippen LogP contribution in [0.5, 0.6) is 0 Å². The molecule has 2 aromatic rings. The number of carbonyl (C=O) groups excluding carboxylic acids is 2. The molecular weight excluding hydrogens is 412 g/mol. The normalized spacial score (nSPS) is 15.4. The van der Waals surface area contributed by atoms with Crippen LogP contribution in [0.1, 0.15) is 33.0 Å². The number of benzene rings is 1. The fourth-order valence-corrected chi connectivity index (χ4v) is 4.63. The molecule has 1 saturated heterocycles. The van der Waals surface area contributed by atoms with E-state index in [4.69, 9.17) is 5.73 Å². The van der Waals surface area contributed by atoms with Gasteiger partial charge in [0.1, 0.15) is 5.82 Å². The number of hydrogen-bond acceptors (Lipinski definition) is 6. The Morgan fingerprint density at radius 2 is 1.74 bits per heavy atom. The average Bonchev–Trinajstić information content (AvgIpc) is 3.13. The zero-order valence-electron chi connectivity index (χ0n) is 18.5. The van der Waals surface area contributed by atoms with Gasteiger partial charge in [-0.3, -0.25) is 9.59 Å². The summed E-state index contributed by atoms with van der Waals surface area (Å²) in [6.45, 7) is 9.97. The monoisotopic (exact) mass is 444 g/mol. The van der Waals surface area contributed by atoms with E-state index in [1.54, 1.807) is 0 Å². The summed E-state index contributed by atoms with van der Waals surface area (Å²) in [6.07, 6.45) is 0.695. The summed E-state index contributed by atoms with van der Waals surface area (Å²) >= 11 is 1.43. The lowest BCUT2D eigenvalue weighted by molar-refractivity contribution is -0.130. The van der Waals surface area contributed by atoms with E-state index in [0.717, 1.165) is 30.6 Å². The Kier molecular flexibility index (Phi) is 7.95. The molecule has 1 aliphatic rings. The van der Waals surface area contributed by atoms with Crippen molar-refractivity contribution in [2.24, 2.45) is 11.7 Å². The quantitative estimate of drug-likeness (QED) is 0.596. The second-order valence-electron chi connectivity index (χ2n) is 8.28. The number of primary amides is 1. The van der Waals surface area contributed by atoms with Crippen molar-refractivity contribution in [2.45, 2.75) is 50.6 Å². The SMILES string of the molecule is CC(C)Cn1c(CCC(N)=O)nnc1SC(C)C(=O)N1CCN(c2ccccc2)CC1. The Morgan fingerprint density at radius 1 is 1.06 bits per heavy atom. The van der Waals surface area contributed by atoms with E-state index in [1.165, 1.54) is 17.4 Å². The van der Waals surface area contributed by atoms with Crippen LogP contribution in [0.2, 0.25) is 0 Å². The summed E-state index contributed by atoms with van der Waals surface area (Å²) < 4.78 is 2.02. The number of amides is 2. The molecule has 0 aliphatic carbocycles. The van der Waals surface area contributed by atoms with E-state index >= 15 is 0 Å². The van der Waals surface area contributed by atoms with Gasteiger partial charge >= 0.3 is 0 Å². The molecule has 0 radical (unpaired) electrons. The van der Waals surface area contributed by atoms with Crippen LogP contribution in [-0.2, 0) is 22.6 Å². The maximum Gasteiger partial charge on any atom is 0.236 e. The second-order valence-corrected chi connectivity index (χ2v) is 9.59. The fraction of sp³-hybridized carbons (Fsp3) is 0.545. The summed E-state index contributed by atoms with van der Waals surface area (Å²) in [7, 11) is 0. The molecule has 9 heteroatoms. The number of anilines is 1. The van der Waals surface area contributed by atoms with Gasteiger partial charge in [-0.1, -0.05) is 43.8 Å². The van der Waals surface area contributed by atoms with Crippen molar-refractivity contribution in [3.63, 3.8) is 0 Å². The van der Waals surface area contributed by atoms with Gasteiger partial charge in [0, 0.05) is 51.3 Å². The smallest absolute Gasteiger partial charge is 0.236 e. The average molecular weight is 445 g/mol. The standard InChI is InChI=1S/C22H32N6O2S/c1-16(2)15-28-20(10-9-19(23)29)24-25-22(28)31-17(3)21(30)27-13-11-26(12-14-27)18-7-5-4-6-8-18/h4-8,16-17H,9-15H2,1-3H3,(H2,23,29). The first-order valence-electron chi connectivity index (χ1n) is 10.8. The Labute approximate surface area is 188 Å². The summed E-state index contributed by atoms with van der Waals surface area (Å²) in [5, 5.41) is 9.03. The maximum absolute atomic E-state index is 13.1. The van der Waals surface area contributed by atoms with Gasteiger partial charge in [-0.25, -0.2) is 0 Å². The van der Waals surface area contributed by atoms with Crippen molar-refractivity contribution in [1.29, 1.82) is 0 Å². The van der Waals surface area contributed by atoms with E-state index in [2.05, 4.69) is 41.1 Å². The van der Waals surface area contributed by atoms with Crippen molar-refractivity contribution >= 4 is 29.3 Å². The van der Waals surface area contributed by atoms with Crippen molar-refractivity contribution in [1.82, 2.24) is 19.7 Å². The summed E-state index contributed by atoms with van der Waals surface area (Å²) in [6, 6.07) is 10.3. The van der Waals surface area contributed by atoms with Crippen LogP contribution in [0, 0.1) is 5.92 Å². The zero-order valence-corrected chi connectivity index (χ0v) is 19.3. The van der Waals surface area contributed by atoms with E-state index < -0.39 is 0 Å². The predicted molar refractivity (Wildman–Crippen MR) is 123 cm³/mol. The van der Waals surface area contributed by atoms with Crippen LogP contribution in [0.3, 0.4) is 0 Å². The Hall–Kier alpha value is -2.55. The molecule has 3 rings (SSSR count). The highest BCUT2D eigenvalue weighted by Crippen LogP contribution is 2.26. The van der Waals surface area contributed by atoms with Gasteiger partial charge in [0.05, 0.1) is 5.25 Å². The van der Waals surface area contributed by atoms with E-state index in [0.29, 0.717) is 25.4 Å². The summed E-state index contributed by atoms with van der Waals surface area (Å²) in [5.74, 6) is 0.896. The van der Waals surface area contributed by atoms with Crippen LogP contribution in [-0.4, -0.2) is 62.9 Å². The molecule has 1 aliphatic heterocycles. The third-order valence-electron chi connectivity index (χ3n) is 5.28. The predicted octanol–water partition coefficient (Wildman–Crippen LogP) is 2.18. The molecule has 1 unspecified atom stereocenters. The molecule has 2 amide bonds. The van der Waals surface area contributed by atoms with Crippen LogP contribution in [0.15, 0.2) is 35.5 Å². The van der Waals surface area contributed by atoms with E-state index in [1.807, 2.05) is 34.6 Å². The number of nitrogens with two attached hydrogens (primary N) is 1. The highest BCUT2D eigenvalue weighted by molar-refractivity contribution is 8.00. The molecule has 2 N–H and O–H groups in total. The van der Waals surface area contributed by atoms with Gasteiger partial charge in [-0.05, 0) is 25.0 Å². The van der Waals surface area contributed by atoms with E-state index in [9.17, 15) is 9.59 Å². The number of piperazine rings is 1. The van der Waals surface area contributed by atoms with Crippen molar-refractivity contribution in [3.8, 4) is 0 Å². The maximum atomic E-state index is 13.1. The van der Waals surface area contributed by atoms with Crippen molar-refractivity contribution < 1.29 is 9.59 Å². The molecule has 0 saturated carbocycles. The topological polar surface area (TPSA) is 97.3 Å². The molecule has 8 nitrogen and oxygen atoms in total. The number of carbonyl (C=O) groups is 2. The number of hydrogen-bond donors (Lipinski definition) is 1. The van der Waals surface area contributed by atoms with Gasteiger partial charge in [-0.2, -0.15) is 0 Å². The minimum atomic E-state index is -0.355. The molecule has 31 heavy (non-hydrogen) atoms. The van der Waals surface area contributed by atoms with Gasteiger partial charge in [0.25, 0.3) is 0 Å². The molecule has 0 spiro atoms. The first-order chi connectivity index (χ1) is 14.8. The van der Waals surface area contributed by atoms with Crippen LogP contribution >= 0.6 is 11.8 Å². The van der Waals surface area contributed by atoms with Gasteiger partial charge < -0.3 is 20.1 Å². The van der Waals surface area contributed by atoms with Crippen LogP contribution in [0.25, 0.3) is 0 Å². The van der Waals surface area contributed by atoms with Gasteiger partial charge in [-0.15, -0.1) is 10.2 Å². The Balaban J connectivity index is 1.61. The first kappa shape index (κ1) is 23.1. The summed E-state index contributed by atoms with van der Waals surface area (Å²) in [5.41, 5.74) is 6.49. The molecule has 1 aromatic heterocycles. The van der Waals surface area contributed by atoms with Crippen LogP contribution < -0.4 is 10.6 Å². The minimum absolute atomic E-state index is 0.121. The van der Waals surface area contributed by atoms with Crippen molar-refractivity contribution in [2.75, 3.05) is 31.1 Å². The van der Waals surface area contributed by atoms with E-state index in [-0.39, 0.29) is 23.5 Å². The minimum Gasteiger partial charge on any atom is -0.370 e. The molecule has 1 fully saturated rings. The molecule has 1 aromatic carbocycles. The Morgan fingerprint density at radius 3 is 2.35 bits per heavy atom. The lowest BCUT2D eigenvalue weighted by atomic mass is 10.2. The van der Waals surface area contributed by atoms with Gasteiger partial charge in [0.15, 0.2) is 5.16 Å². The lowest BCUT2D eigenvalue weighted by Crippen LogP contribution is -2.50. The number of thioether (sulfide) groups is 1. The largest absolute Gasteiger partial charge is 0.370 e. The zero-order chi connectivity index (χ0) is 22.4. The summed E-state index contributed by atoms with van der Waals surface area (Å²) in [4.78, 5) is 28.5.